The van der Waals surface area contributed by atoms with Crippen LogP contribution in [0.3, 0.4) is 0 Å². The largest absolute Gasteiger partial charge is 0.396 e. The molecule has 0 unspecified atom stereocenters. The molecule has 1 nitrogen and oxygen atoms in total. The molecule has 1 aromatic rings. The van der Waals surface area contributed by atoms with Crippen molar-refractivity contribution in [2.75, 3.05) is 6.61 Å². The van der Waals surface area contributed by atoms with Crippen LogP contribution in [0, 0.1) is 5.92 Å². The normalized spacial score (nSPS) is 33.4. The van der Waals surface area contributed by atoms with Gasteiger partial charge >= 0.3 is 0 Å². The van der Waals surface area contributed by atoms with Gasteiger partial charge in [-0.05, 0) is 48.4 Å². The maximum atomic E-state index is 9.20. The summed E-state index contributed by atoms with van der Waals surface area (Å²) in [7, 11) is 0. The average Bonchev–Trinajstić information content (AvgIpc) is 2.78. The summed E-state index contributed by atoms with van der Waals surface area (Å²) in [5.41, 5.74) is 3.35. The second-order valence-corrected chi connectivity index (χ2v) is 5.46. The predicted molar refractivity (Wildman–Crippen MR) is 59.3 cm³/mol. The Morgan fingerprint density at radius 1 is 1.50 bits per heavy atom. The molecule has 0 aromatic heterocycles. The fourth-order valence-electron chi connectivity index (χ4n) is 3.00. The van der Waals surface area contributed by atoms with E-state index >= 15 is 0 Å². The summed E-state index contributed by atoms with van der Waals surface area (Å²) >= 11 is 3.51. The molecule has 2 atom stereocenters. The molecule has 0 heterocycles. The highest BCUT2D eigenvalue weighted by Gasteiger charge is 2.57. The fraction of sp³-hybridized carbons (Fsp3) is 0.500. The Kier molecular flexibility index (Phi) is 1.80. The van der Waals surface area contributed by atoms with Crippen molar-refractivity contribution in [2.45, 2.75) is 24.7 Å². The lowest BCUT2D eigenvalue weighted by molar-refractivity contribution is 0.263. The standard InChI is InChI=1S/C12H13BrO/c13-10-1-2-11-8(5-10)3-4-12(11)6-9(12)7-14/h1-2,5,9,14H,3-4,6-7H2/t9-,12+/m1/s1. The van der Waals surface area contributed by atoms with Crippen LogP contribution in [0.15, 0.2) is 22.7 Å². The number of aliphatic hydroxyl groups excluding tert-OH is 1. The Hall–Kier alpha value is -0.340. The number of fused-ring (bicyclic) bond motifs is 2. The molecular weight excluding hydrogens is 240 g/mol. The van der Waals surface area contributed by atoms with Crippen molar-refractivity contribution in [3.05, 3.63) is 33.8 Å². The molecule has 2 heteroatoms. The monoisotopic (exact) mass is 252 g/mol. The topological polar surface area (TPSA) is 20.2 Å². The van der Waals surface area contributed by atoms with Crippen LogP contribution >= 0.6 is 15.9 Å². The van der Waals surface area contributed by atoms with Gasteiger partial charge in [0.2, 0.25) is 0 Å². The van der Waals surface area contributed by atoms with Gasteiger partial charge in [0, 0.05) is 16.5 Å². The van der Waals surface area contributed by atoms with Crippen LogP contribution in [0.2, 0.25) is 0 Å². The van der Waals surface area contributed by atoms with E-state index in [1.165, 1.54) is 34.9 Å². The molecule has 0 amide bonds. The molecule has 14 heavy (non-hydrogen) atoms. The molecule has 0 bridgehead atoms. The number of halogens is 1. The molecule has 1 spiro atoms. The Morgan fingerprint density at radius 2 is 2.36 bits per heavy atom. The van der Waals surface area contributed by atoms with Crippen molar-refractivity contribution >= 4 is 15.9 Å². The quantitative estimate of drug-likeness (QED) is 0.815. The second kappa shape index (κ2) is 2.83. The van der Waals surface area contributed by atoms with Crippen molar-refractivity contribution in [3.8, 4) is 0 Å². The van der Waals surface area contributed by atoms with Crippen LogP contribution in [-0.4, -0.2) is 11.7 Å². The lowest BCUT2D eigenvalue weighted by Crippen LogP contribution is -2.06. The molecular formula is C12H13BrO. The number of benzene rings is 1. The first-order chi connectivity index (χ1) is 6.76. The summed E-state index contributed by atoms with van der Waals surface area (Å²) in [5.74, 6) is 0.532. The van der Waals surface area contributed by atoms with Crippen LogP contribution < -0.4 is 0 Å². The summed E-state index contributed by atoms with van der Waals surface area (Å²) in [6.07, 6.45) is 3.62. The van der Waals surface area contributed by atoms with E-state index in [9.17, 15) is 5.11 Å². The SMILES string of the molecule is OC[C@H]1C[C@@]12CCc1cc(Br)ccc12. The highest BCUT2D eigenvalue weighted by molar-refractivity contribution is 9.10. The smallest absolute Gasteiger partial charge is 0.0468 e. The molecule has 74 valence electrons. The second-order valence-electron chi connectivity index (χ2n) is 4.54. The van der Waals surface area contributed by atoms with Gasteiger partial charge in [-0.15, -0.1) is 0 Å². The van der Waals surface area contributed by atoms with Crippen molar-refractivity contribution in [3.63, 3.8) is 0 Å². The third-order valence-corrected chi connectivity index (χ3v) is 4.39. The highest BCUT2D eigenvalue weighted by Crippen LogP contribution is 2.61. The summed E-state index contributed by atoms with van der Waals surface area (Å²) in [6, 6.07) is 6.59. The minimum Gasteiger partial charge on any atom is -0.396 e. The van der Waals surface area contributed by atoms with Gasteiger partial charge in [0.05, 0.1) is 0 Å². The highest BCUT2D eigenvalue weighted by atomic mass is 79.9. The van der Waals surface area contributed by atoms with Gasteiger partial charge in [-0.3, -0.25) is 0 Å². The summed E-state index contributed by atoms with van der Waals surface area (Å²) in [4.78, 5) is 0. The molecule has 0 saturated heterocycles. The Bertz CT molecular complexity index is 388. The maximum absolute atomic E-state index is 9.20. The average molecular weight is 253 g/mol. The summed E-state index contributed by atoms with van der Waals surface area (Å²) in [6.45, 7) is 0.357. The van der Waals surface area contributed by atoms with Crippen molar-refractivity contribution in [1.29, 1.82) is 0 Å². The molecule has 1 fully saturated rings. The van der Waals surface area contributed by atoms with Gasteiger partial charge in [-0.25, -0.2) is 0 Å². The zero-order valence-corrected chi connectivity index (χ0v) is 9.55. The molecule has 0 radical (unpaired) electrons. The van der Waals surface area contributed by atoms with E-state index in [0.29, 0.717) is 17.9 Å². The molecule has 3 rings (SSSR count). The van der Waals surface area contributed by atoms with Crippen molar-refractivity contribution < 1.29 is 5.11 Å². The summed E-state index contributed by atoms with van der Waals surface area (Å²) < 4.78 is 1.18. The van der Waals surface area contributed by atoms with Crippen LogP contribution in [-0.2, 0) is 11.8 Å². The Labute approximate surface area is 92.3 Å². The maximum Gasteiger partial charge on any atom is 0.0468 e. The first-order valence-corrected chi connectivity index (χ1v) is 5.95. The minimum absolute atomic E-state index is 0.357. The number of rotatable bonds is 1. The van der Waals surface area contributed by atoms with E-state index in [1.54, 1.807) is 0 Å². The van der Waals surface area contributed by atoms with E-state index in [1.807, 2.05) is 0 Å². The zero-order chi connectivity index (χ0) is 9.76. The van der Waals surface area contributed by atoms with Gasteiger partial charge in [0.25, 0.3) is 0 Å². The molecule has 2 aliphatic rings. The predicted octanol–water partition coefficient (Wildman–Crippen LogP) is 2.65. The minimum atomic E-state index is 0.357. The van der Waals surface area contributed by atoms with E-state index in [-0.39, 0.29) is 0 Å². The van der Waals surface area contributed by atoms with Gasteiger partial charge in [0.15, 0.2) is 0 Å². The number of aliphatic hydroxyl groups is 1. The third-order valence-electron chi connectivity index (χ3n) is 3.90. The Balaban J connectivity index is 2.04. The number of hydrogen-bond acceptors (Lipinski definition) is 1. The summed E-state index contributed by atoms with van der Waals surface area (Å²) in [5, 5.41) is 9.20. The van der Waals surface area contributed by atoms with Gasteiger partial charge in [0.1, 0.15) is 0 Å². The van der Waals surface area contributed by atoms with E-state index < -0.39 is 0 Å². The molecule has 0 aliphatic heterocycles. The zero-order valence-electron chi connectivity index (χ0n) is 7.96. The Morgan fingerprint density at radius 3 is 3.07 bits per heavy atom. The lowest BCUT2D eigenvalue weighted by Gasteiger charge is -2.10. The van der Waals surface area contributed by atoms with Crippen molar-refractivity contribution in [2.24, 2.45) is 5.92 Å². The van der Waals surface area contributed by atoms with E-state index in [2.05, 4.69) is 34.1 Å². The lowest BCUT2D eigenvalue weighted by atomic mass is 9.96. The molecule has 1 aromatic carbocycles. The van der Waals surface area contributed by atoms with E-state index in [4.69, 9.17) is 0 Å². The van der Waals surface area contributed by atoms with Gasteiger partial charge in [-0.2, -0.15) is 0 Å². The molecule has 2 aliphatic carbocycles. The first kappa shape index (κ1) is 8.93. The first-order valence-electron chi connectivity index (χ1n) is 5.16. The van der Waals surface area contributed by atoms with Crippen LogP contribution in [0.25, 0.3) is 0 Å². The van der Waals surface area contributed by atoms with Crippen molar-refractivity contribution in [1.82, 2.24) is 0 Å². The number of aryl methyl sites for hydroxylation is 1. The van der Waals surface area contributed by atoms with E-state index in [0.717, 1.165) is 0 Å². The number of hydrogen-bond donors (Lipinski definition) is 1. The van der Waals surface area contributed by atoms with Crippen LogP contribution in [0.4, 0.5) is 0 Å². The molecule has 1 saturated carbocycles. The third kappa shape index (κ3) is 1.04. The van der Waals surface area contributed by atoms with Crippen LogP contribution in [0.1, 0.15) is 24.0 Å². The molecule has 1 N–H and O–H groups in total. The fourth-order valence-corrected chi connectivity index (χ4v) is 3.41. The van der Waals surface area contributed by atoms with Gasteiger partial charge < -0.3 is 5.11 Å². The van der Waals surface area contributed by atoms with Gasteiger partial charge in [-0.1, -0.05) is 22.0 Å². The van der Waals surface area contributed by atoms with Crippen LogP contribution in [0.5, 0.6) is 0 Å².